The Hall–Kier alpha value is -3.05. The fraction of sp³-hybridized carbons (Fsp3) is 0.0909. The molecule has 4 aromatic rings. The molecular weight excluding hydrogens is 354 g/mol. The van der Waals surface area contributed by atoms with Crippen LogP contribution in [-0.2, 0) is 6.61 Å². The number of benzene rings is 3. The summed E-state index contributed by atoms with van der Waals surface area (Å²) in [6.45, 7) is 0.492. The Bertz CT molecular complexity index is 1080. The van der Waals surface area contributed by atoms with Crippen molar-refractivity contribution in [2.45, 2.75) is 11.5 Å². The van der Waals surface area contributed by atoms with Gasteiger partial charge in [0.25, 0.3) is 0 Å². The Labute approximate surface area is 162 Å². The molecule has 0 aliphatic carbocycles. The summed E-state index contributed by atoms with van der Waals surface area (Å²) in [6, 6.07) is 24.2. The van der Waals surface area contributed by atoms with Crippen LogP contribution in [0.25, 0.3) is 22.0 Å². The van der Waals surface area contributed by atoms with Crippen molar-refractivity contribution >= 4 is 28.4 Å². The number of fused-ring (bicyclic) bond motifs is 1. The quantitative estimate of drug-likeness (QED) is 0.488. The van der Waals surface area contributed by atoms with Crippen molar-refractivity contribution in [2.24, 2.45) is 0 Å². The monoisotopic (exact) mass is 373 g/mol. The van der Waals surface area contributed by atoms with Gasteiger partial charge in [0.2, 0.25) is 0 Å². The van der Waals surface area contributed by atoms with Crippen LogP contribution >= 0.6 is 11.8 Å². The van der Waals surface area contributed by atoms with Gasteiger partial charge >= 0.3 is 0 Å². The van der Waals surface area contributed by atoms with Gasteiger partial charge in [-0.15, -0.1) is 22.0 Å². The van der Waals surface area contributed by atoms with E-state index in [-0.39, 0.29) is 0 Å². The Morgan fingerprint density at radius 3 is 2.41 bits per heavy atom. The first kappa shape index (κ1) is 17.4. The maximum Gasteiger partial charge on any atom is 0.154 e. The van der Waals surface area contributed by atoms with E-state index < -0.39 is 0 Å². The van der Waals surface area contributed by atoms with E-state index in [1.807, 2.05) is 48.5 Å². The van der Waals surface area contributed by atoms with E-state index in [1.165, 1.54) is 0 Å². The molecule has 4 nitrogen and oxygen atoms in total. The Morgan fingerprint density at radius 1 is 0.889 bits per heavy atom. The highest BCUT2D eigenvalue weighted by molar-refractivity contribution is 7.98. The molecule has 2 N–H and O–H groups in total. The Balaban J connectivity index is 1.80. The van der Waals surface area contributed by atoms with E-state index >= 15 is 0 Å². The van der Waals surface area contributed by atoms with Crippen molar-refractivity contribution in [1.29, 1.82) is 0 Å². The predicted octanol–water partition coefficient (Wildman–Crippen LogP) is 5.18. The van der Waals surface area contributed by atoms with E-state index in [2.05, 4.69) is 40.7 Å². The highest BCUT2D eigenvalue weighted by Crippen LogP contribution is 2.37. The van der Waals surface area contributed by atoms with Gasteiger partial charge in [-0.1, -0.05) is 54.6 Å². The molecule has 0 atom stereocenters. The number of ether oxygens (including phenoxy) is 1. The average Bonchev–Trinajstić information content (AvgIpc) is 2.73. The molecule has 0 unspecified atom stereocenters. The first-order valence-electron chi connectivity index (χ1n) is 8.62. The second kappa shape index (κ2) is 7.68. The molecule has 27 heavy (non-hydrogen) atoms. The molecule has 3 aromatic carbocycles. The van der Waals surface area contributed by atoms with Crippen molar-refractivity contribution in [2.75, 3.05) is 12.0 Å². The normalized spacial score (nSPS) is 10.9. The van der Waals surface area contributed by atoms with Crippen LogP contribution in [0, 0.1) is 0 Å². The van der Waals surface area contributed by atoms with Crippen LogP contribution in [0.2, 0.25) is 0 Å². The van der Waals surface area contributed by atoms with E-state index in [0.29, 0.717) is 12.4 Å². The van der Waals surface area contributed by atoms with Crippen molar-refractivity contribution < 1.29 is 4.74 Å². The summed E-state index contributed by atoms with van der Waals surface area (Å²) in [6.07, 6.45) is 2.05. The predicted molar refractivity (Wildman–Crippen MR) is 112 cm³/mol. The van der Waals surface area contributed by atoms with E-state index in [0.717, 1.165) is 38.2 Å². The molecule has 0 radical (unpaired) electrons. The second-order valence-electron chi connectivity index (χ2n) is 6.12. The number of anilines is 1. The van der Waals surface area contributed by atoms with Gasteiger partial charge in [0.05, 0.1) is 0 Å². The SMILES string of the molecule is CSc1ccc(-c2nnc(N)c3ccccc23)c(OCc2ccccc2)c1. The third kappa shape index (κ3) is 3.59. The average molecular weight is 373 g/mol. The molecule has 0 aliphatic heterocycles. The zero-order chi connectivity index (χ0) is 18.6. The summed E-state index contributed by atoms with van der Waals surface area (Å²) < 4.78 is 6.19. The van der Waals surface area contributed by atoms with Gasteiger partial charge in [-0.05, 0) is 30.0 Å². The molecule has 134 valence electrons. The summed E-state index contributed by atoms with van der Waals surface area (Å²) in [5.41, 5.74) is 8.81. The third-order valence-electron chi connectivity index (χ3n) is 4.40. The number of nitrogens with zero attached hydrogens (tertiary/aromatic N) is 2. The van der Waals surface area contributed by atoms with Gasteiger partial charge < -0.3 is 10.5 Å². The van der Waals surface area contributed by atoms with Crippen molar-refractivity contribution in [1.82, 2.24) is 10.2 Å². The highest BCUT2D eigenvalue weighted by Gasteiger charge is 2.14. The standard InChI is InChI=1S/C22H19N3OS/c1-27-16-11-12-19(20(13-16)26-14-15-7-3-2-4-8-15)21-17-9-5-6-10-18(17)22(23)25-24-21/h2-13H,14H2,1H3,(H2,23,25). The molecule has 0 amide bonds. The van der Waals surface area contributed by atoms with Crippen LogP contribution < -0.4 is 10.5 Å². The largest absolute Gasteiger partial charge is 0.488 e. The van der Waals surface area contributed by atoms with Crippen molar-refractivity contribution in [3.8, 4) is 17.0 Å². The van der Waals surface area contributed by atoms with Crippen LogP contribution in [0.5, 0.6) is 5.75 Å². The molecule has 4 rings (SSSR count). The molecule has 1 heterocycles. The Morgan fingerprint density at radius 2 is 1.63 bits per heavy atom. The minimum absolute atomic E-state index is 0.432. The highest BCUT2D eigenvalue weighted by atomic mass is 32.2. The number of nitrogen functional groups attached to an aromatic ring is 1. The number of thioether (sulfide) groups is 1. The molecular formula is C22H19N3OS. The lowest BCUT2D eigenvalue weighted by Gasteiger charge is -2.14. The summed E-state index contributed by atoms with van der Waals surface area (Å²) >= 11 is 1.68. The van der Waals surface area contributed by atoms with Gasteiger partial charge in [0, 0.05) is 21.2 Å². The molecule has 0 fully saturated rings. The fourth-order valence-corrected chi connectivity index (χ4v) is 3.43. The summed E-state index contributed by atoms with van der Waals surface area (Å²) in [5.74, 6) is 1.22. The zero-order valence-electron chi connectivity index (χ0n) is 14.9. The molecule has 0 saturated heterocycles. The molecule has 1 aromatic heterocycles. The lowest BCUT2D eigenvalue weighted by molar-refractivity contribution is 0.307. The smallest absolute Gasteiger partial charge is 0.154 e. The minimum Gasteiger partial charge on any atom is -0.488 e. The summed E-state index contributed by atoms with van der Waals surface area (Å²) in [7, 11) is 0. The maximum absolute atomic E-state index is 6.19. The van der Waals surface area contributed by atoms with Crippen molar-refractivity contribution in [3.05, 3.63) is 78.4 Å². The van der Waals surface area contributed by atoms with Crippen LogP contribution in [0.3, 0.4) is 0 Å². The van der Waals surface area contributed by atoms with Crippen LogP contribution in [0.1, 0.15) is 5.56 Å². The topological polar surface area (TPSA) is 61.0 Å². The lowest BCUT2D eigenvalue weighted by Crippen LogP contribution is -2.01. The zero-order valence-corrected chi connectivity index (χ0v) is 15.7. The molecule has 5 heteroatoms. The van der Waals surface area contributed by atoms with Crippen LogP contribution in [-0.4, -0.2) is 16.5 Å². The van der Waals surface area contributed by atoms with Gasteiger partial charge in [-0.3, -0.25) is 0 Å². The van der Waals surface area contributed by atoms with Gasteiger partial charge in [-0.2, -0.15) is 0 Å². The minimum atomic E-state index is 0.432. The van der Waals surface area contributed by atoms with Crippen LogP contribution in [0.15, 0.2) is 77.7 Å². The second-order valence-corrected chi connectivity index (χ2v) is 7.00. The molecule has 0 aliphatic rings. The number of nitrogens with two attached hydrogens (primary N) is 1. The van der Waals surface area contributed by atoms with Gasteiger partial charge in [0.1, 0.15) is 18.1 Å². The maximum atomic E-state index is 6.19. The van der Waals surface area contributed by atoms with Gasteiger partial charge in [0.15, 0.2) is 5.82 Å². The summed E-state index contributed by atoms with van der Waals surface area (Å²) in [4.78, 5) is 1.13. The fourth-order valence-electron chi connectivity index (χ4n) is 3.00. The molecule has 0 bridgehead atoms. The Kier molecular flexibility index (Phi) is 4.94. The number of rotatable bonds is 5. The number of hydrogen-bond acceptors (Lipinski definition) is 5. The van der Waals surface area contributed by atoms with E-state index in [4.69, 9.17) is 10.5 Å². The lowest BCUT2D eigenvalue weighted by atomic mass is 10.0. The number of aromatic nitrogens is 2. The summed E-state index contributed by atoms with van der Waals surface area (Å²) in [5, 5.41) is 10.4. The first-order valence-corrected chi connectivity index (χ1v) is 9.85. The van der Waals surface area contributed by atoms with E-state index in [1.54, 1.807) is 11.8 Å². The van der Waals surface area contributed by atoms with Crippen molar-refractivity contribution in [3.63, 3.8) is 0 Å². The third-order valence-corrected chi connectivity index (χ3v) is 5.12. The van der Waals surface area contributed by atoms with Crippen LogP contribution in [0.4, 0.5) is 5.82 Å². The van der Waals surface area contributed by atoms with E-state index in [9.17, 15) is 0 Å². The first-order chi connectivity index (χ1) is 13.3. The number of hydrogen-bond donors (Lipinski definition) is 1. The van der Waals surface area contributed by atoms with Gasteiger partial charge in [-0.25, -0.2) is 0 Å². The molecule has 0 saturated carbocycles. The molecule has 0 spiro atoms.